The van der Waals surface area contributed by atoms with Crippen molar-refractivity contribution in [3.05, 3.63) is 88.4 Å². The minimum atomic E-state index is -0.146. The first-order valence-electron chi connectivity index (χ1n) is 12.4. The third-order valence-corrected chi connectivity index (χ3v) is 7.28. The molecule has 3 N–H and O–H groups in total. The summed E-state index contributed by atoms with van der Waals surface area (Å²) in [5, 5.41) is 10.2. The van der Waals surface area contributed by atoms with E-state index in [1.165, 1.54) is 12.8 Å². The smallest absolute Gasteiger partial charge is 0.255 e. The molecule has 0 radical (unpaired) electrons. The van der Waals surface area contributed by atoms with Gasteiger partial charge in [0.05, 0.1) is 6.04 Å². The summed E-state index contributed by atoms with van der Waals surface area (Å²) in [6, 6.07) is 21.1. The van der Waals surface area contributed by atoms with Crippen LogP contribution in [0.2, 0.25) is 5.02 Å². The number of anilines is 3. The molecule has 35 heavy (non-hydrogen) atoms. The molecule has 1 atom stereocenters. The number of carbonyl (C=O) groups is 2. The van der Waals surface area contributed by atoms with E-state index in [2.05, 4.69) is 28.1 Å². The lowest BCUT2D eigenvalue weighted by Gasteiger charge is -2.16. The van der Waals surface area contributed by atoms with Crippen LogP contribution in [0.1, 0.15) is 66.1 Å². The first-order valence-corrected chi connectivity index (χ1v) is 12.8. The van der Waals surface area contributed by atoms with E-state index in [0.29, 0.717) is 16.3 Å². The van der Waals surface area contributed by atoms with Crippen LogP contribution >= 0.6 is 11.6 Å². The summed E-state index contributed by atoms with van der Waals surface area (Å²) in [6.45, 7) is 0. The molecule has 1 saturated carbocycles. The molecule has 6 heteroatoms. The molecule has 1 aliphatic carbocycles. The van der Waals surface area contributed by atoms with Crippen molar-refractivity contribution in [3.63, 3.8) is 0 Å². The van der Waals surface area contributed by atoms with Gasteiger partial charge in [-0.2, -0.15) is 0 Å². The normalized spacial score (nSPS) is 17.7. The number of rotatable bonds is 5. The number of amides is 2. The SMILES string of the molecule is O=C(Nc1ccc(Cl)cc1)c1ccc2c(c1)CC(c1ccc(NC(=O)C3CCCCCC3)cc1)N2. The molecule has 0 spiro atoms. The van der Waals surface area contributed by atoms with Crippen molar-refractivity contribution in [2.75, 3.05) is 16.0 Å². The Morgan fingerprint density at radius 2 is 1.46 bits per heavy atom. The van der Waals surface area contributed by atoms with E-state index < -0.39 is 0 Å². The van der Waals surface area contributed by atoms with Crippen molar-refractivity contribution in [3.8, 4) is 0 Å². The lowest BCUT2D eigenvalue weighted by molar-refractivity contribution is -0.120. The van der Waals surface area contributed by atoms with Gasteiger partial charge >= 0.3 is 0 Å². The van der Waals surface area contributed by atoms with Crippen LogP contribution in [0.25, 0.3) is 0 Å². The van der Waals surface area contributed by atoms with E-state index in [0.717, 1.165) is 54.6 Å². The Morgan fingerprint density at radius 3 is 2.17 bits per heavy atom. The lowest BCUT2D eigenvalue weighted by Crippen LogP contribution is -2.22. The highest BCUT2D eigenvalue weighted by Crippen LogP contribution is 2.35. The van der Waals surface area contributed by atoms with Crippen LogP contribution in [0.3, 0.4) is 0 Å². The summed E-state index contributed by atoms with van der Waals surface area (Å²) >= 11 is 5.92. The van der Waals surface area contributed by atoms with Gasteiger partial charge in [0.15, 0.2) is 0 Å². The highest BCUT2D eigenvalue weighted by molar-refractivity contribution is 6.30. The Morgan fingerprint density at radius 1 is 0.800 bits per heavy atom. The minimum Gasteiger partial charge on any atom is -0.378 e. The van der Waals surface area contributed by atoms with Crippen molar-refractivity contribution in [1.82, 2.24) is 0 Å². The molecule has 0 saturated heterocycles. The van der Waals surface area contributed by atoms with Gasteiger partial charge < -0.3 is 16.0 Å². The Balaban J connectivity index is 1.20. The summed E-state index contributed by atoms with van der Waals surface area (Å²) in [6.07, 6.45) is 7.56. The standard InChI is InChI=1S/C29H30ClN3O2/c30-23-10-14-25(15-11-23)32-29(35)21-9-16-26-22(17-21)18-27(33-26)19-7-12-24(13-8-19)31-28(34)20-5-3-1-2-4-6-20/h7-17,20,27,33H,1-6,18H2,(H,31,34)(H,32,35). The average molecular weight is 488 g/mol. The van der Waals surface area contributed by atoms with Crippen LogP contribution in [0.4, 0.5) is 17.1 Å². The Labute approximate surface area is 211 Å². The molecule has 1 aliphatic heterocycles. The summed E-state index contributed by atoms with van der Waals surface area (Å²) in [5.41, 5.74) is 5.49. The van der Waals surface area contributed by atoms with E-state index in [-0.39, 0.29) is 23.8 Å². The van der Waals surface area contributed by atoms with E-state index in [4.69, 9.17) is 11.6 Å². The van der Waals surface area contributed by atoms with Crippen LogP contribution in [0, 0.1) is 5.92 Å². The fourth-order valence-electron chi connectivity index (χ4n) is 5.03. The van der Waals surface area contributed by atoms with Crippen LogP contribution in [-0.4, -0.2) is 11.8 Å². The van der Waals surface area contributed by atoms with E-state index in [9.17, 15) is 9.59 Å². The maximum Gasteiger partial charge on any atom is 0.255 e. The van der Waals surface area contributed by atoms with Crippen molar-refractivity contribution < 1.29 is 9.59 Å². The van der Waals surface area contributed by atoms with Crippen molar-refractivity contribution in [2.45, 2.75) is 51.0 Å². The van der Waals surface area contributed by atoms with Gasteiger partial charge in [0, 0.05) is 33.6 Å². The van der Waals surface area contributed by atoms with Crippen molar-refractivity contribution in [2.24, 2.45) is 5.92 Å². The number of fused-ring (bicyclic) bond motifs is 1. The molecule has 1 heterocycles. The number of benzene rings is 3. The van der Waals surface area contributed by atoms with Gasteiger partial charge in [0.2, 0.25) is 5.91 Å². The fraction of sp³-hybridized carbons (Fsp3) is 0.310. The maximum atomic E-state index is 12.7. The molecule has 3 aromatic rings. The summed E-state index contributed by atoms with van der Waals surface area (Å²) in [7, 11) is 0. The minimum absolute atomic E-state index is 0.131. The van der Waals surface area contributed by atoms with Gasteiger partial charge in [-0.15, -0.1) is 0 Å². The van der Waals surface area contributed by atoms with Crippen LogP contribution in [0.15, 0.2) is 66.7 Å². The molecule has 1 fully saturated rings. The molecule has 5 rings (SSSR count). The second kappa shape index (κ2) is 10.5. The Hall–Kier alpha value is -3.31. The van der Waals surface area contributed by atoms with Gasteiger partial charge in [-0.05, 0) is 85.0 Å². The zero-order valence-corrected chi connectivity index (χ0v) is 20.4. The van der Waals surface area contributed by atoms with Crippen LogP contribution in [0.5, 0.6) is 0 Å². The first-order chi connectivity index (χ1) is 17.0. The zero-order valence-electron chi connectivity index (χ0n) is 19.6. The van der Waals surface area contributed by atoms with E-state index >= 15 is 0 Å². The topological polar surface area (TPSA) is 70.2 Å². The number of nitrogens with one attached hydrogen (secondary N) is 3. The molecule has 5 nitrogen and oxygen atoms in total. The average Bonchev–Trinajstić information content (AvgIpc) is 3.10. The maximum absolute atomic E-state index is 12.7. The summed E-state index contributed by atoms with van der Waals surface area (Å²) in [5.74, 6) is 0.136. The number of carbonyl (C=O) groups excluding carboxylic acids is 2. The monoisotopic (exact) mass is 487 g/mol. The number of hydrogen-bond donors (Lipinski definition) is 3. The van der Waals surface area contributed by atoms with Crippen LogP contribution in [-0.2, 0) is 11.2 Å². The molecular weight excluding hydrogens is 458 g/mol. The van der Waals surface area contributed by atoms with Crippen LogP contribution < -0.4 is 16.0 Å². The first kappa shape index (κ1) is 23.4. The predicted octanol–water partition coefficient (Wildman–Crippen LogP) is 7.21. The molecule has 180 valence electrons. The highest BCUT2D eigenvalue weighted by atomic mass is 35.5. The predicted molar refractivity (Wildman–Crippen MR) is 142 cm³/mol. The van der Waals surface area contributed by atoms with Gasteiger partial charge in [-0.3, -0.25) is 9.59 Å². The highest BCUT2D eigenvalue weighted by Gasteiger charge is 2.24. The molecule has 3 aromatic carbocycles. The van der Waals surface area contributed by atoms with Crippen molar-refractivity contribution in [1.29, 1.82) is 0 Å². The molecular formula is C29H30ClN3O2. The largest absolute Gasteiger partial charge is 0.378 e. The second-order valence-electron chi connectivity index (χ2n) is 9.53. The summed E-state index contributed by atoms with van der Waals surface area (Å²) < 4.78 is 0. The van der Waals surface area contributed by atoms with Gasteiger partial charge in [-0.1, -0.05) is 49.4 Å². The molecule has 2 aliphatic rings. The number of hydrogen-bond acceptors (Lipinski definition) is 3. The Bertz CT molecular complexity index is 1200. The fourth-order valence-corrected chi connectivity index (χ4v) is 5.15. The van der Waals surface area contributed by atoms with Gasteiger partial charge in [0.25, 0.3) is 5.91 Å². The Kier molecular flexibility index (Phi) is 7.05. The molecule has 2 amide bonds. The summed E-state index contributed by atoms with van der Waals surface area (Å²) in [4.78, 5) is 25.4. The second-order valence-corrected chi connectivity index (χ2v) is 9.97. The molecule has 0 bridgehead atoms. The zero-order chi connectivity index (χ0) is 24.2. The van der Waals surface area contributed by atoms with Gasteiger partial charge in [-0.25, -0.2) is 0 Å². The van der Waals surface area contributed by atoms with Crippen molar-refractivity contribution >= 4 is 40.5 Å². The molecule has 1 unspecified atom stereocenters. The third kappa shape index (κ3) is 5.68. The quantitative estimate of drug-likeness (QED) is 0.333. The third-order valence-electron chi connectivity index (χ3n) is 7.03. The van der Waals surface area contributed by atoms with Gasteiger partial charge in [0.1, 0.15) is 0 Å². The lowest BCUT2D eigenvalue weighted by atomic mass is 9.99. The molecule has 0 aromatic heterocycles. The number of halogens is 1. The van der Waals surface area contributed by atoms with E-state index in [1.54, 1.807) is 24.3 Å². The van der Waals surface area contributed by atoms with E-state index in [1.807, 2.05) is 30.3 Å².